The van der Waals surface area contributed by atoms with Gasteiger partial charge in [-0.05, 0) is 17.5 Å². The molecular weight excluding hydrogens is 350 g/mol. The minimum Gasteiger partial charge on any atom is -0.377 e. The van der Waals surface area contributed by atoms with Crippen LogP contribution in [0.5, 0.6) is 0 Å². The van der Waals surface area contributed by atoms with E-state index in [1.165, 1.54) is 4.90 Å². The molecule has 0 unspecified atom stereocenters. The number of hydrogen-bond donors (Lipinski definition) is 1. The van der Waals surface area contributed by atoms with E-state index in [0.717, 1.165) is 36.1 Å². The standard InChI is InChI=1S/C20H24ClN3O2/c1-22(2)18-8-7-17(15-5-3-4-6-16(15)18)19(25)20(26)24-13-11-23(10-9-21)12-14-24/h3-8H,9-14H2,1-2H3/p+1. The molecule has 0 atom stereocenters. The maximum Gasteiger partial charge on any atom is 0.295 e. The molecule has 138 valence electrons. The Morgan fingerprint density at radius 1 is 1.08 bits per heavy atom. The maximum absolute atomic E-state index is 12.9. The molecule has 0 saturated carbocycles. The first-order valence-electron chi connectivity index (χ1n) is 8.95. The van der Waals surface area contributed by atoms with Crippen molar-refractivity contribution in [3.63, 3.8) is 0 Å². The summed E-state index contributed by atoms with van der Waals surface area (Å²) in [5, 5.41) is 1.80. The van der Waals surface area contributed by atoms with E-state index in [0.29, 0.717) is 24.5 Å². The number of ketones is 1. The third-order valence-corrected chi connectivity index (χ3v) is 5.22. The lowest BCUT2D eigenvalue weighted by Gasteiger charge is -2.31. The van der Waals surface area contributed by atoms with E-state index in [2.05, 4.69) is 0 Å². The third kappa shape index (κ3) is 3.69. The summed E-state index contributed by atoms with van der Waals surface area (Å²) in [5.74, 6) is -0.211. The van der Waals surface area contributed by atoms with Gasteiger partial charge in [0.1, 0.15) is 0 Å². The quantitative estimate of drug-likeness (QED) is 0.483. The molecule has 1 amide bonds. The van der Waals surface area contributed by atoms with Crippen molar-refractivity contribution in [3.8, 4) is 0 Å². The molecule has 1 aliphatic rings. The third-order valence-electron chi connectivity index (χ3n) is 5.03. The van der Waals surface area contributed by atoms with Crippen molar-refractivity contribution in [1.29, 1.82) is 0 Å². The van der Waals surface area contributed by atoms with Crippen molar-refractivity contribution in [2.24, 2.45) is 0 Å². The Morgan fingerprint density at radius 3 is 2.35 bits per heavy atom. The Labute approximate surface area is 159 Å². The van der Waals surface area contributed by atoms with Crippen LogP contribution in [0.1, 0.15) is 10.4 Å². The van der Waals surface area contributed by atoms with Crippen LogP contribution in [-0.2, 0) is 4.79 Å². The van der Waals surface area contributed by atoms with Crippen LogP contribution in [0.3, 0.4) is 0 Å². The van der Waals surface area contributed by atoms with E-state index in [9.17, 15) is 9.59 Å². The van der Waals surface area contributed by atoms with Gasteiger partial charge in [0.05, 0.1) is 38.6 Å². The zero-order valence-corrected chi connectivity index (χ0v) is 16.1. The van der Waals surface area contributed by atoms with E-state index in [1.807, 2.05) is 49.3 Å². The number of amides is 1. The summed E-state index contributed by atoms with van der Waals surface area (Å²) in [4.78, 5) is 30.7. The highest BCUT2D eigenvalue weighted by atomic mass is 35.5. The monoisotopic (exact) mass is 374 g/mol. The molecule has 1 N–H and O–H groups in total. The average Bonchev–Trinajstić information content (AvgIpc) is 2.66. The van der Waals surface area contributed by atoms with Crippen LogP contribution in [0.15, 0.2) is 36.4 Å². The van der Waals surface area contributed by atoms with Gasteiger partial charge >= 0.3 is 0 Å². The van der Waals surface area contributed by atoms with Crippen molar-refractivity contribution in [3.05, 3.63) is 42.0 Å². The van der Waals surface area contributed by atoms with Crippen LogP contribution in [0.25, 0.3) is 10.8 Å². The molecule has 6 heteroatoms. The van der Waals surface area contributed by atoms with Crippen LogP contribution in [0.4, 0.5) is 5.69 Å². The number of anilines is 1. The van der Waals surface area contributed by atoms with Gasteiger partial charge in [-0.15, -0.1) is 11.6 Å². The van der Waals surface area contributed by atoms with Gasteiger partial charge in [-0.1, -0.05) is 24.3 Å². The summed E-state index contributed by atoms with van der Waals surface area (Å²) in [6.07, 6.45) is 0. The molecule has 2 aromatic rings. The Balaban J connectivity index is 1.84. The Morgan fingerprint density at radius 2 is 1.73 bits per heavy atom. The van der Waals surface area contributed by atoms with Crippen LogP contribution < -0.4 is 9.80 Å². The number of Topliss-reactive ketones (excluding diaryl/α,β-unsaturated/α-hetero) is 1. The zero-order chi connectivity index (χ0) is 18.7. The Bertz CT molecular complexity index is 814. The molecule has 1 saturated heterocycles. The molecule has 3 rings (SSSR count). The lowest BCUT2D eigenvalue weighted by atomic mass is 9.98. The van der Waals surface area contributed by atoms with E-state index in [1.54, 1.807) is 11.0 Å². The smallest absolute Gasteiger partial charge is 0.295 e. The van der Waals surface area contributed by atoms with Gasteiger partial charge < -0.3 is 14.7 Å². The SMILES string of the molecule is CN(C)c1ccc(C(=O)C(=O)N2CC[NH+](CCCl)CC2)c2ccccc12. The molecule has 0 radical (unpaired) electrons. The first-order chi connectivity index (χ1) is 12.5. The molecule has 0 aliphatic carbocycles. The summed E-state index contributed by atoms with van der Waals surface area (Å²) in [7, 11) is 3.94. The highest BCUT2D eigenvalue weighted by Crippen LogP contribution is 2.29. The fourth-order valence-electron chi connectivity index (χ4n) is 3.54. The van der Waals surface area contributed by atoms with Gasteiger partial charge in [-0.3, -0.25) is 9.59 Å². The number of nitrogens with one attached hydrogen (secondary N) is 1. The predicted molar refractivity (Wildman–Crippen MR) is 105 cm³/mol. The first kappa shape index (κ1) is 18.7. The van der Waals surface area contributed by atoms with Gasteiger partial charge in [-0.2, -0.15) is 0 Å². The second-order valence-corrected chi connectivity index (χ2v) is 7.26. The molecular formula is C20H25ClN3O2+. The number of alkyl halides is 1. The molecule has 26 heavy (non-hydrogen) atoms. The number of carbonyl (C=O) groups excluding carboxylic acids is 2. The highest BCUT2D eigenvalue weighted by molar-refractivity contribution is 6.45. The number of fused-ring (bicyclic) bond motifs is 1. The molecule has 1 fully saturated rings. The fraction of sp³-hybridized carbons (Fsp3) is 0.400. The van der Waals surface area contributed by atoms with Crippen LogP contribution in [0, 0.1) is 0 Å². The summed E-state index contributed by atoms with van der Waals surface area (Å²) in [6, 6.07) is 11.4. The maximum atomic E-state index is 12.9. The minimum absolute atomic E-state index is 0.405. The number of benzene rings is 2. The van der Waals surface area contributed by atoms with Crippen molar-refractivity contribution >= 4 is 39.8 Å². The minimum atomic E-state index is -0.424. The topological polar surface area (TPSA) is 45.1 Å². The zero-order valence-electron chi connectivity index (χ0n) is 15.3. The van der Waals surface area contributed by atoms with Crippen molar-refractivity contribution < 1.29 is 14.5 Å². The average molecular weight is 375 g/mol. The number of halogens is 1. The summed E-state index contributed by atoms with van der Waals surface area (Å²) in [6.45, 7) is 3.78. The Hall–Kier alpha value is -2.11. The number of rotatable bonds is 5. The molecule has 2 aromatic carbocycles. The van der Waals surface area contributed by atoms with Gasteiger partial charge in [0.25, 0.3) is 11.7 Å². The second-order valence-electron chi connectivity index (χ2n) is 6.88. The molecule has 5 nitrogen and oxygen atoms in total. The normalized spacial score (nSPS) is 15.3. The van der Waals surface area contributed by atoms with Crippen LogP contribution >= 0.6 is 11.6 Å². The lowest BCUT2D eigenvalue weighted by Crippen LogP contribution is -3.15. The van der Waals surface area contributed by atoms with Crippen molar-refractivity contribution in [2.45, 2.75) is 0 Å². The largest absolute Gasteiger partial charge is 0.377 e. The number of carbonyl (C=O) groups is 2. The number of hydrogen-bond acceptors (Lipinski definition) is 3. The fourth-order valence-corrected chi connectivity index (χ4v) is 3.81. The molecule has 0 spiro atoms. The van der Waals surface area contributed by atoms with Gasteiger partial charge in [0.2, 0.25) is 0 Å². The molecule has 0 bridgehead atoms. The lowest BCUT2D eigenvalue weighted by molar-refractivity contribution is -0.901. The van der Waals surface area contributed by atoms with Gasteiger partial charge in [-0.25, -0.2) is 0 Å². The highest BCUT2D eigenvalue weighted by Gasteiger charge is 2.29. The summed E-state index contributed by atoms with van der Waals surface area (Å²) in [5.41, 5.74) is 1.51. The van der Waals surface area contributed by atoms with E-state index in [-0.39, 0.29) is 0 Å². The van der Waals surface area contributed by atoms with E-state index in [4.69, 9.17) is 11.6 Å². The van der Waals surface area contributed by atoms with E-state index >= 15 is 0 Å². The molecule has 0 aromatic heterocycles. The van der Waals surface area contributed by atoms with Crippen LogP contribution in [0.2, 0.25) is 0 Å². The summed E-state index contributed by atoms with van der Waals surface area (Å²) >= 11 is 5.80. The van der Waals surface area contributed by atoms with Crippen LogP contribution in [-0.4, -0.2) is 69.3 Å². The summed E-state index contributed by atoms with van der Waals surface area (Å²) < 4.78 is 0. The number of nitrogens with zero attached hydrogens (tertiary/aromatic N) is 2. The predicted octanol–water partition coefficient (Wildman–Crippen LogP) is 1.05. The first-order valence-corrected chi connectivity index (χ1v) is 9.48. The molecule has 1 aliphatic heterocycles. The molecule has 1 heterocycles. The van der Waals surface area contributed by atoms with Crippen molar-refractivity contribution in [1.82, 2.24) is 4.90 Å². The number of piperazine rings is 1. The van der Waals surface area contributed by atoms with Crippen molar-refractivity contribution in [2.75, 3.05) is 57.6 Å². The van der Waals surface area contributed by atoms with Gasteiger partial charge in [0, 0.05) is 30.7 Å². The van der Waals surface area contributed by atoms with Gasteiger partial charge in [0.15, 0.2) is 0 Å². The number of quaternary nitrogens is 1. The van der Waals surface area contributed by atoms with E-state index < -0.39 is 11.7 Å². The Kier molecular flexibility index (Phi) is 5.79. The second kappa shape index (κ2) is 8.06.